The lowest BCUT2D eigenvalue weighted by atomic mass is 10.1. The number of nitrogens with zero attached hydrogens (tertiary/aromatic N) is 2. The minimum Gasteiger partial charge on any atom is -0.497 e. The summed E-state index contributed by atoms with van der Waals surface area (Å²) in [5, 5.41) is 3.04. The molecule has 2 heterocycles. The zero-order valence-corrected chi connectivity index (χ0v) is 18.7. The number of benzene rings is 2. The van der Waals surface area contributed by atoms with Crippen LogP contribution in [0.15, 0.2) is 54.7 Å². The van der Waals surface area contributed by atoms with Gasteiger partial charge in [-0.3, -0.25) is 9.59 Å². The Morgan fingerprint density at radius 2 is 1.82 bits per heavy atom. The van der Waals surface area contributed by atoms with Gasteiger partial charge >= 0.3 is 0 Å². The van der Waals surface area contributed by atoms with Crippen molar-refractivity contribution >= 4 is 28.3 Å². The minimum absolute atomic E-state index is 0.0389. The summed E-state index contributed by atoms with van der Waals surface area (Å²) >= 11 is 0. The summed E-state index contributed by atoms with van der Waals surface area (Å²) in [6, 6.07) is 11.4. The number of Topliss-reactive ketones (excluding diaryl/α,β-unsaturated/α-hetero) is 1. The fourth-order valence-electron chi connectivity index (χ4n) is 3.80. The van der Waals surface area contributed by atoms with Gasteiger partial charge in [0.15, 0.2) is 0 Å². The van der Waals surface area contributed by atoms with Crippen LogP contribution in [-0.2, 0) is 11.3 Å². The number of carbonyl (C=O) groups is 2. The van der Waals surface area contributed by atoms with Gasteiger partial charge in [0, 0.05) is 46.2 Å². The Bertz CT molecular complexity index is 1420. The fourth-order valence-corrected chi connectivity index (χ4v) is 3.80. The van der Waals surface area contributed by atoms with Gasteiger partial charge in [-0.05, 0) is 37.3 Å². The molecule has 4 aromatic rings. The van der Waals surface area contributed by atoms with Crippen LogP contribution >= 0.6 is 0 Å². The molecular formula is C25H21F2N3O4. The first-order valence-corrected chi connectivity index (χ1v) is 10.3. The van der Waals surface area contributed by atoms with Gasteiger partial charge in [0.05, 0.1) is 26.3 Å². The summed E-state index contributed by atoms with van der Waals surface area (Å²) in [5.74, 6) is -2.24. The number of amides is 1. The largest absolute Gasteiger partial charge is 0.497 e. The number of nitrogens with one attached hydrogen (secondary N) is 1. The number of aromatic nitrogens is 2. The normalized spacial score (nSPS) is 10.9. The number of hydrogen-bond donors (Lipinski definition) is 1. The Labute approximate surface area is 193 Å². The number of pyridine rings is 1. The van der Waals surface area contributed by atoms with Gasteiger partial charge in [-0.2, -0.15) is 0 Å². The zero-order chi connectivity index (χ0) is 24.4. The molecule has 0 fully saturated rings. The van der Waals surface area contributed by atoms with E-state index in [2.05, 4.69) is 10.3 Å². The van der Waals surface area contributed by atoms with Crippen molar-refractivity contribution in [3.8, 4) is 11.6 Å². The molecule has 0 aliphatic heterocycles. The number of carbonyl (C=O) groups excluding carboxylic acids is 2. The Morgan fingerprint density at radius 1 is 1.03 bits per heavy atom. The molecule has 2 aromatic heterocycles. The van der Waals surface area contributed by atoms with Crippen molar-refractivity contribution in [1.82, 2.24) is 9.55 Å². The second kappa shape index (κ2) is 9.30. The van der Waals surface area contributed by atoms with Gasteiger partial charge < -0.3 is 19.4 Å². The Morgan fingerprint density at radius 3 is 2.53 bits per heavy atom. The molecule has 0 saturated carbocycles. The molecule has 1 N–H and O–H groups in total. The molecule has 9 heteroatoms. The van der Waals surface area contributed by atoms with Gasteiger partial charge in [0.1, 0.15) is 17.4 Å². The first kappa shape index (κ1) is 22.9. The van der Waals surface area contributed by atoms with Crippen LogP contribution in [0.1, 0.15) is 21.6 Å². The number of ether oxygens (including phenoxy) is 2. The second-order valence-corrected chi connectivity index (χ2v) is 7.54. The van der Waals surface area contributed by atoms with E-state index < -0.39 is 23.3 Å². The van der Waals surface area contributed by atoms with Gasteiger partial charge in [-0.15, -0.1) is 0 Å². The van der Waals surface area contributed by atoms with Crippen molar-refractivity contribution in [1.29, 1.82) is 0 Å². The summed E-state index contributed by atoms with van der Waals surface area (Å²) < 4.78 is 39.8. The number of halogens is 2. The highest BCUT2D eigenvalue weighted by Gasteiger charge is 2.26. The SMILES string of the molecule is COc1ccc2c(c1)c(C(=O)C(=O)Nc1ccnc(OC)c1)c(C)n2Cc1ccc(F)cc1F. The number of rotatable bonds is 7. The Kier molecular flexibility index (Phi) is 6.27. The van der Waals surface area contributed by atoms with E-state index in [1.807, 2.05) is 0 Å². The number of hydrogen-bond acceptors (Lipinski definition) is 5. The molecule has 34 heavy (non-hydrogen) atoms. The lowest BCUT2D eigenvalue weighted by molar-refractivity contribution is -0.112. The van der Waals surface area contributed by atoms with Gasteiger partial charge in [0.25, 0.3) is 11.7 Å². The van der Waals surface area contributed by atoms with Gasteiger partial charge in [-0.25, -0.2) is 13.8 Å². The van der Waals surface area contributed by atoms with Crippen LogP contribution in [0, 0.1) is 18.6 Å². The second-order valence-electron chi connectivity index (χ2n) is 7.54. The number of anilines is 1. The van der Waals surface area contributed by atoms with E-state index in [-0.39, 0.29) is 23.6 Å². The molecule has 0 bridgehead atoms. The lowest BCUT2D eigenvalue weighted by Gasteiger charge is -2.10. The predicted octanol–water partition coefficient (Wildman–Crippen LogP) is 4.51. The van der Waals surface area contributed by atoms with Gasteiger partial charge in [0.2, 0.25) is 5.88 Å². The fraction of sp³-hybridized carbons (Fsp3) is 0.160. The molecule has 0 unspecified atom stereocenters. The minimum atomic E-state index is -0.855. The molecular weight excluding hydrogens is 444 g/mol. The quantitative estimate of drug-likeness (QED) is 0.321. The van der Waals surface area contributed by atoms with Crippen molar-refractivity contribution in [3.05, 3.63) is 83.2 Å². The van der Waals surface area contributed by atoms with E-state index >= 15 is 0 Å². The summed E-state index contributed by atoms with van der Waals surface area (Å²) in [4.78, 5) is 30.1. The molecule has 2 aromatic carbocycles. The smallest absolute Gasteiger partial charge is 0.296 e. The average molecular weight is 465 g/mol. The molecule has 0 aliphatic carbocycles. The van der Waals surface area contributed by atoms with Crippen LogP contribution < -0.4 is 14.8 Å². The number of ketones is 1. The molecule has 0 saturated heterocycles. The maximum atomic E-state index is 14.4. The Hall–Kier alpha value is -4.27. The van der Waals surface area contributed by atoms with Crippen LogP contribution in [-0.4, -0.2) is 35.5 Å². The highest BCUT2D eigenvalue weighted by Crippen LogP contribution is 2.31. The van der Waals surface area contributed by atoms with Crippen LogP contribution in [0.4, 0.5) is 14.5 Å². The average Bonchev–Trinajstić information content (AvgIpc) is 3.10. The molecule has 174 valence electrons. The summed E-state index contributed by atoms with van der Waals surface area (Å²) in [6.45, 7) is 1.71. The molecule has 7 nitrogen and oxygen atoms in total. The molecule has 0 radical (unpaired) electrons. The van der Waals surface area contributed by atoms with Crippen LogP contribution in [0.5, 0.6) is 11.6 Å². The van der Waals surface area contributed by atoms with Crippen molar-refractivity contribution in [3.63, 3.8) is 0 Å². The molecule has 0 spiro atoms. The number of methoxy groups -OCH3 is 2. The molecule has 0 atom stereocenters. The van der Waals surface area contributed by atoms with E-state index in [1.165, 1.54) is 44.7 Å². The van der Waals surface area contributed by atoms with E-state index in [0.29, 0.717) is 28.0 Å². The third-order valence-electron chi connectivity index (χ3n) is 5.51. The van der Waals surface area contributed by atoms with Crippen LogP contribution in [0.25, 0.3) is 10.9 Å². The monoisotopic (exact) mass is 465 g/mol. The maximum Gasteiger partial charge on any atom is 0.296 e. The molecule has 4 rings (SSSR count). The predicted molar refractivity (Wildman–Crippen MR) is 122 cm³/mol. The van der Waals surface area contributed by atoms with E-state index in [0.717, 1.165) is 6.07 Å². The summed E-state index contributed by atoms with van der Waals surface area (Å²) in [6.07, 6.45) is 1.44. The summed E-state index contributed by atoms with van der Waals surface area (Å²) in [7, 11) is 2.93. The van der Waals surface area contributed by atoms with Crippen molar-refractivity contribution in [2.24, 2.45) is 0 Å². The first-order chi connectivity index (χ1) is 16.3. The molecule has 0 aliphatic rings. The first-order valence-electron chi connectivity index (χ1n) is 10.3. The summed E-state index contributed by atoms with van der Waals surface area (Å²) in [5.41, 5.74) is 1.81. The van der Waals surface area contributed by atoms with Crippen LogP contribution in [0.3, 0.4) is 0 Å². The highest BCUT2D eigenvalue weighted by atomic mass is 19.1. The standard InChI is InChI=1S/C25H21F2N3O4/c1-14-23(24(31)25(32)29-17-8-9-28-22(11-17)34-3)19-12-18(33-2)6-7-21(19)30(14)13-15-4-5-16(26)10-20(15)27/h4-12H,13H2,1-3H3,(H,28,29,32). The van der Waals surface area contributed by atoms with E-state index in [4.69, 9.17) is 9.47 Å². The highest BCUT2D eigenvalue weighted by molar-refractivity contribution is 6.48. The van der Waals surface area contributed by atoms with Crippen LogP contribution in [0.2, 0.25) is 0 Å². The third kappa shape index (κ3) is 4.32. The number of fused-ring (bicyclic) bond motifs is 1. The lowest BCUT2D eigenvalue weighted by Crippen LogP contribution is -2.23. The van der Waals surface area contributed by atoms with E-state index in [9.17, 15) is 18.4 Å². The molecule has 1 amide bonds. The zero-order valence-electron chi connectivity index (χ0n) is 18.7. The maximum absolute atomic E-state index is 14.4. The van der Waals surface area contributed by atoms with Crippen molar-refractivity contribution in [2.45, 2.75) is 13.5 Å². The topological polar surface area (TPSA) is 82.5 Å². The third-order valence-corrected chi connectivity index (χ3v) is 5.51. The van der Waals surface area contributed by atoms with E-state index in [1.54, 1.807) is 29.7 Å². The van der Waals surface area contributed by atoms with Crippen molar-refractivity contribution < 1.29 is 27.8 Å². The Balaban J connectivity index is 1.77. The van der Waals surface area contributed by atoms with Gasteiger partial charge in [-0.1, -0.05) is 6.07 Å². The van der Waals surface area contributed by atoms with Crippen molar-refractivity contribution in [2.75, 3.05) is 19.5 Å².